The molecular formula is C26H37N5O. The first-order valence-corrected chi connectivity index (χ1v) is 12.5. The third-order valence-electron chi connectivity index (χ3n) is 7.30. The smallest absolute Gasteiger partial charge is 0.161 e. The van der Waals surface area contributed by atoms with Crippen LogP contribution in [0, 0.1) is 6.92 Å². The van der Waals surface area contributed by atoms with Gasteiger partial charge in [0.1, 0.15) is 17.7 Å². The van der Waals surface area contributed by atoms with Crippen LogP contribution in [0.15, 0.2) is 24.4 Å². The molecule has 2 fully saturated rings. The second-order valence-corrected chi connectivity index (χ2v) is 9.78. The van der Waals surface area contributed by atoms with Crippen LogP contribution in [0.3, 0.4) is 0 Å². The predicted octanol–water partition coefficient (Wildman–Crippen LogP) is 3.77. The summed E-state index contributed by atoms with van der Waals surface area (Å²) in [7, 11) is 2.18. The summed E-state index contributed by atoms with van der Waals surface area (Å²) >= 11 is 0. The molecule has 6 heteroatoms. The Kier molecular flexibility index (Phi) is 6.60. The molecule has 0 aliphatic carbocycles. The molecule has 1 aromatic carbocycles. The van der Waals surface area contributed by atoms with E-state index in [2.05, 4.69) is 46.9 Å². The molecule has 2 saturated heterocycles. The molecule has 3 aliphatic rings. The van der Waals surface area contributed by atoms with E-state index in [0.29, 0.717) is 6.10 Å². The predicted molar refractivity (Wildman–Crippen MR) is 130 cm³/mol. The van der Waals surface area contributed by atoms with Gasteiger partial charge < -0.3 is 19.4 Å². The van der Waals surface area contributed by atoms with Crippen molar-refractivity contribution >= 4 is 5.82 Å². The fraction of sp³-hybridized carbons (Fsp3) is 0.615. The number of likely N-dealkylation sites (tertiary alicyclic amines) is 2. The third-order valence-corrected chi connectivity index (χ3v) is 7.30. The highest BCUT2D eigenvalue weighted by Gasteiger charge is 2.23. The van der Waals surface area contributed by atoms with Gasteiger partial charge in [-0.3, -0.25) is 0 Å². The molecule has 172 valence electrons. The van der Waals surface area contributed by atoms with Gasteiger partial charge in [0.2, 0.25) is 0 Å². The first-order chi connectivity index (χ1) is 15.7. The minimum Gasteiger partial charge on any atom is -0.490 e. The first-order valence-electron chi connectivity index (χ1n) is 12.5. The number of anilines is 1. The zero-order valence-electron chi connectivity index (χ0n) is 19.7. The van der Waals surface area contributed by atoms with Crippen molar-refractivity contribution in [2.75, 3.05) is 57.8 Å². The molecule has 0 atom stereocenters. The molecular weight excluding hydrogens is 398 g/mol. The maximum Gasteiger partial charge on any atom is 0.161 e. The minimum atomic E-state index is 0.321. The first kappa shape index (κ1) is 21.7. The molecule has 0 unspecified atom stereocenters. The fourth-order valence-electron chi connectivity index (χ4n) is 5.30. The van der Waals surface area contributed by atoms with Crippen molar-refractivity contribution in [2.45, 2.75) is 51.6 Å². The summed E-state index contributed by atoms with van der Waals surface area (Å²) < 4.78 is 6.27. The van der Waals surface area contributed by atoms with E-state index in [0.717, 1.165) is 68.4 Å². The molecule has 32 heavy (non-hydrogen) atoms. The Bertz CT molecular complexity index is 918. The van der Waals surface area contributed by atoms with Crippen LogP contribution in [0.4, 0.5) is 5.82 Å². The average Bonchev–Trinajstić information content (AvgIpc) is 3.45. The SMILES string of the molecule is Cc1cc(OC2CCN(C)CC2)ccc1-c1ncc2c(n1)N(CCCN1CCCC1)CC2. The lowest BCUT2D eigenvalue weighted by atomic mass is 10.1. The van der Waals surface area contributed by atoms with Gasteiger partial charge in [0.25, 0.3) is 0 Å². The van der Waals surface area contributed by atoms with E-state index in [1.807, 2.05) is 6.20 Å². The largest absolute Gasteiger partial charge is 0.490 e. The zero-order chi connectivity index (χ0) is 21.9. The van der Waals surface area contributed by atoms with E-state index in [1.165, 1.54) is 50.0 Å². The standard InChI is InChI=1S/C26H37N5O/c1-20-18-23(32-22-9-15-29(2)16-10-22)6-7-24(20)25-27-19-21-8-17-31(26(21)28-25)14-5-13-30-11-3-4-12-30/h6-7,18-19,22H,3-5,8-17H2,1-2H3. The Labute approximate surface area is 192 Å². The van der Waals surface area contributed by atoms with E-state index >= 15 is 0 Å². The summed E-state index contributed by atoms with van der Waals surface area (Å²) in [5.41, 5.74) is 3.57. The molecule has 1 aromatic heterocycles. The molecule has 0 N–H and O–H groups in total. The Morgan fingerprint density at radius 3 is 2.62 bits per heavy atom. The molecule has 0 radical (unpaired) electrons. The highest BCUT2D eigenvalue weighted by atomic mass is 16.5. The van der Waals surface area contributed by atoms with Gasteiger partial charge in [0.05, 0.1) is 0 Å². The molecule has 0 bridgehead atoms. The Morgan fingerprint density at radius 2 is 1.84 bits per heavy atom. The lowest BCUT2D eigenvalue weighted by Gasteiger charge is -2.29. The Balaban J connectivity index is 1.25. The highest BCUT2D eigenvalue weighted by Crippen LogP contribution is 2.31. The average molecular weight is 436 g/mol. The summed E-state index contributed by atoms with van der Waals surface area (Å²) in [6.07, 6.45) is 9.55. The number of nitrogens with zero attached hydrogens (tertiary/aromatic N) is 5. The normalized spacial score (nSPS) is 20.1. The van der Waals surface area contributed by atoms with Gasteiger partial charge in [0.15, 0.2) is 5.82 Å². The second kappa shape index (κ2) is 9.75. The van der Waals surface area contributed by atoms with Crippen molar-refractivity contribution in [3.63, 3.8) is 0 Å². The van der Waals surface area contributed by atoms with E-state index < -0.39 is 0 Å². The van der Waals surface area contributed by atoms with E-state index in [-0.39, 0.29) is 0 Å². The Hall–Kier alpha value is -2.18. The lowest BCUT2D eigenvalue weighted by molar-refractivity contribution is 0.114. The monoisotopic (exact) mass is 435 g/mol. The van der Waals surface area contributed by atoms with Gasteiger partial charge in [0, 0.05) is 43.5 Å². The molecule has 0 spiro atoms. The maximum absolute atomic E-state index is 6.27. The number of benzene rings is 1. The Morgan fingerprint density at radius 1 is 1.03 bits per heavy atom. The molecule has 4 heterocycles. The number of aromatic nitrogens is 2. The van der Waals surface area contributed by atoms with Gasteiger partial charge >= 0.3 is 0 Å². The van der Waals surface area contributed by atoms with Crippen LogP contribution in [0.1, 0.15) is 43.2 Å². The van der Waals surface area contributed by atoms with Gasteiger partial charge in [-0.25, -0.2) is 9.97 Å². The molecule has 0 amide bonds. The zero-order valence-corrected chi connectivity index (χ0v) is 19.7. The number of aryl methyl sites for hydroxylation is 1. The molecule has 0 saturated carbocycles. The summed E-state index contributed by atoms with van der Waals surface area (Å²) in [5.74, 6) is 2.94. The number of hydrogen-bond acceptors (Lipinski definition) is 6. The van der Waals surface area contributed by atoms with Crippen LogP contribution in [0.5, 0.6) is 5.75 Å². The topological polar surface area (TPSA) is 44.7 Å². The molecule has 6 nitrogen and oxygen atoms in total. The molecule has 3 aliphatic heterocycles. The number of hydrogen-bond donors (Lipinski definition) is 0. The fourth-order valence-corrected chi connectivity index (χ4v) is 5.30. The summed E-state index contributed by atoms with van der Waals surface area (Å²) in [6.45, 7) is 10.3. The van der Waals surface area contributed by atoms with Crippen LogP contribution in [-0.4, -0.2) is 78.7 Å². The van der Waals surface area contributed by atoms with Crippen molar-refractivity contribution in [2.24, 2.45) is 0 Å². The van der Waals surface area contributed by atoms with Gasteiger partial charge in [-0.05, 0) is 95.9 Å². The van der Waals surface area contributed by atoms with Crippen molar-refractivity contribution in [1.29, 1.82) is 0 Å². The lowest BCUT2D eigenvalue weighted by Crippen LogP contribution is -2.35. The van der Waals surface area contributed by atoms with E-state index in [4.69, 9.17) is 14.7 Å². The second-order valence-electron chi connectivity index (χ2n) is 9.78. The number of fused-ring (bicyclic) bond motifs is 1. The van der Waals surface area contributed by atoms with E-state index in [1.54, 1.807) is 0 Å². The van der Waals surface area contributed by atoms with Crippen LogP contribution in [-0.2, 0) is 6.42 Å². The molecule has 2 aromatic rings. The number of rotatable bonds is 7. The number of piperidine rings is 1. The van der Waals surface area contributed by atoms with Crippen LogP contribution < -0.4 is 9.64 Å². The van der Waals surface area contributed by atoms with Crippen molar-refractivity contribution in [3.8, 4) is 17.1 Å². The van der Waals surface area contributed by atoms with Crippen molar-refractivity contribution in [1.82, 2.24) is 19.8 Å². The molecule has 5 rings (SSSR count). The number of ether oxygens (including phenoxy) is 1. The van der Waals surface area contributed by atoms with Crippen LogP contribution >= 0.6 is 0 Å². The van der Waals surface area contributed by atoms with Crippen LogP contribution in [0.25, 0.3) is 11.4 Å². The quantitative estimate of drug-likeness (QED) is 0.660. The van der Waals surface area contributed by atoms with Crippen LogP contribution in [0.2, 0.25) is 0 Å². The van der Waals surface area contributed by atoms with Gasteiger partial charge in [-0.2, -0.15) is 0 Å². The van der Waals surface area contributed by atoms with E-state index in [9.17, 15) is 0 Å². The summed E-state index contributed by atoms with van der Waals surface area (Å²) in [6, 6.07) is 6.37. The maximum atomic E-state index is 6.27. The summed E-state index contributed by atoms with van der Waals surface area (Å²) in [5, 5.41) is 0. The van der Waals surface area contributed by atoms with Gasteiger partial charge in [-0.15, -0.1) is 0 Å². The van der Waals surface area contributed by atoms with Crippen molar-refractivity contribution in [3.05, 3.63) is 35.5 Å². The highest BCUT2D eigenvalue weighted by molar-refractivity contribution is 5.65. The third kappa shape index (κ3) is 4.91. The summed E-state index contributed by atoms with van der Waals surface area (Å²) in [4.78, 5) is 17.2. The minimum absolute atomic E-state index is 0.321. The van der Waals surface area contributed by atoms with Crippen molar-refractivity contribution < 1.29 is 4.74 Å². The van der Waals surface area contributed by atoms with Gasteiger partial charge in [-0.1, -0.05) is 0 Å².